The van der Waals surface area contributed by atoms with Crippen molar-refractivity contribution in [1.82, 2.24) is 20.6 Å². The van der Waals surface area contributed by atoms with E-state index in [2.05, 4.69) is 39.8 Å². The van der Waals surface area contributed by atoms with E-state index in [1.807, 2.05) is 19.1 Å². The van der Waals surface area contributed by atoms with Gasteiger partial charge in [0.05, 0.1) is 5.39 Å². The fraction of sp³-hybridized carbons (Fsp3) is 0.333. The van der Waals surface area contributed by atoms with Gasteiger partial charge in [0.2, 0.25) is 5.91 Å². The van der Waals surface area contributed by atoms with Crippen LogP contribution < -0.4 is 16.0 Å². The molecular formula is C21H25N5O2S. The summed E-state index contributed by atoms with van der Waals surface area (Å²) < 4.78 is 0. The highest BCUT2D eigenvalue weighted by atomic mass is 32.1. The Morgan fingerprint density at radius 2 is 1.69 bits per heavy atom. The number of fused-ring (bicyclic) bond motifs is 1. The summed E-state index contributed by atoms with van der Waals surface area (Å²) in [5, 5.41) is 9.92. The van der Waals surface area contributed by atoms with Crippen LogP contribution in [-0.4, -0.2) is 34.9 Å². The van der Waals surface area contributed by atoms with Gasteiger partial charge in [0.25, 0.3) is 5.91 Å². The minimum atomic E-state index is -0.160. The lowest BCUT2D eigenvalue weighted by atomic mass is 10.1. The molecule has 0 bridgehead atoms. The summed E-state index contributed by atoms with van der Waals surface area (Å²) >= 11 is 1.68. The van der Waals surface area contributed by atoms with Crippen LogP contribution in [0.1, 0.15) is 39.1 Å². The van der Waals surface area contributed by atoms with Gasteiger partial charge in [-0.2, -0.15) is 0 Å². The number of benzene rings is 1. The fourth-order valence-corrected chi connectivity index (χ4v) is 4.04. The largest absolute Gasteiger partial charge is 0.365 e. The molecule has 2 aromatic heterocycles. The second kappa shape index (κ2) is 9.00. The van der Waals surface area contributed by atoms with Crippen molar-refractivity contribution >= 4 is 39.2 Å². The van der Waals surface area contributed by atoms with Gasteiger partial charge >= 0.3 is 0 Å². The molecule has 3 aromatic rings. The summed E-state index contributed by atoms with van der Waals surface area (Å²) in [6.07, 6.45) is 0. The molecule has 3 N–H and O–H groups in total. The molecule has 0 saturated heterocycles. The van der Waals surface area contributed by atoms with Gasteiger partial charge in [-0.1, -0.05) is 12.1 Å². The molecule has 8 heteroatoms. The summed E-state index contributed by atoms with van der Waals surface area (Å²) in [5.74, 6) is 1.31. The maximum atomic E-state index is 12.1. The average Bonchev–Trinajstić information content (AvgIpc) is 2.97. The van der Waals surface area contributed by atoms with E-state index in [4.69, 9.17) is 0 Å². The first-order chi connectivity index (χ1) is 13.8. The van der Waals surface area contributed by atoms with Crippen molar-refractivity contribution in [3.63, 3.8) is 0 Å². The third kappa shape index (κ3) is 5.08. The van der Waals surface area contributed by atoms with Gasteiger partial charge in [-0.25, -0.2) is 9.97 Å². The Balaban J connectivity index is 1.63. The Hall–Kier alpha value is -3.00. The van der Waals surface area contributed by atoms with Crippen LogP contribution in [0, 0.1) is 20.8 Å². The Kier molecular flexibility index (Phi) is 6.43. The lowest BCUT2D eigenvalue weighted by molar-refractivity contribution is -0.118. The molecule has 0 aliphatic heterocycles. The lowest BCUT2D eigenvalue weighted by Gasteiger charge is -2.10. The quantitative estimate of drug-likeness (QED) is 0.519. The second-order valence-electron chi connectivity index (χ2n) is 6.87. The number of nitrogens with one attached hydrogen (secondary N) is 3. The SMILES string of the molecule is CC(=O)NCCNC(=O)c1ccc(CNc2nc(C)nc3sc(C)c(C)c23)cc1. The molecule has 0 unspecified atom stereocenters. The molecule has 0 aliphatic carbocycles. The van der Waals surface area contributed by atoms with E-state index < -0.39 is 0 Å². The molecule has 2 amide bonds. The highest BCUT2D eigenvalue weighted by Crippen LogP contribution is 2.33. The van der Waals surface area contributed by atoms with E-state index in [1.54, 1.807) is 23.5 Å². The van der Waals surface area contributed by atoms with Crippen LogP contribution in [0.15, 0.2) is 24.3 Å². The number of anilines is 1. The molecule has 3 rings (SSSR count). The van der Waals surface area contributed by atoms with Crippen molar-refractivity contribution in [3.8, 4) is 0 Å². The number of carbonyl (C=O) groups is 2. The van der Waals surface area contributed by atoms with Crippen LogP contribution in [0.2, 0.25) is 0 Å². The lowest BCUT2D eigenvalue weighted by Crippen LogP contribution is -2.33. The third-order valence-electron chi connectivity index (χ3n) is 4.60. The number of hydrogen-bond donors (Lipinski definition) is 3. The maximum absolute atomic E-state index is 12.1. The van der Waals surface area contributed by atoms with Gasteiger partial charge in [0.15, 0.2) is 0 Å². The zero-order valence-corrected chi connectivity index (χ0v) is 17.9. The van der Waals surface area contributed by atoms with Crippen LogP contribution >= 0.6 is 11.3 Å². The minimum Gasteiger partial charge on any atom is -0.365 e. The van der Waals surface area contributed by atoms with Gasteiger partial charge < -0.3 is 16.0 Å². The molecule has 29 heavy (non-hydrogen) atoms. The Bertz CT molecular complexity index is 1040. The predicted octanol–water partition coefficient (Wildman–Crippen LogP) is 3.09. The molecule has 0 spiro atoms. The monoisotopic (exact) mass is 411 g/mol. The van der Waals surface area contributed by atoms with Crippen LogP contribution in [-0.2, 0) is 11.3 Å². The Morgan fingerprint density at radius 1 is 1.00 bits per heavy atom. The first-order valence-corrected chi connectivity index (χ1v) is 10.3. The summed E-state index contributed by atoms with van der Waals surface area (Å²) in [4.78, 5) is 34.4. The van der Waals surface area contributed by atoms with Crippen LogP contribution in [0.4, 0.5) is 5.82 Å². The minimum absolute atomic E-state index is 0.111. The number of rotatable bonds is 7. The number of amides is 2. The third-order valence-corrected chi connectivity index (χ3v) is 5.70. The van der Waals surface area contributed by atoms with E-state index in [0.29, 0.717) is 25.2 Å². The highest BCUT2D eigenvalue weighted by Gasteiger charge is 2.13. The van der Waals surface area contributed by atoms with E-state index >= 15 is 0 Å². The number of aromatic nitrogens is 2. The second-order valence-corrected chi connectivity index (χ2v) is 8.08. The number of hydrogen-bond acceptors (Lipinski definition) is 6. The number of carbonyl (C=O) groups excluding carboxylic acids is 2. The summed E-state index contributed by atoms with van der Waals surface area (Å²) in [6.45, 7) is 8.95. The molecule has 152 valence electrons. The van der Waals surface area contributed by atoms with Crippen LogP contribution in [0.3, 0.4) is 0 Å². The molecule has 0 atom stereocenters. The van der Waals surface area contributed by atoms with Gasteiger partial charge in [-0.15, -0.1) is 11.3 Å². The average molecular weight is 412 g/mol. The van der Waals surface area contributed by atoms with Crippen molar-refractivity contribution in [3.05, 3.63) is 51.7 Å². The number of nitrogens with zero attached hydrogens (tertiary/aromatic N) is 2. The van der Waals surface area contributed by atoms with Crippen molar-refractivity contribution < 1.29 is 9.59 Å². The van der Waals surface area contributed by atoms with Crippen molar-refractivity contribution in [1.29, 1.82) is 0 Å². The van der Waals surface area contributed by atoms with Gasteiger partial charge in [0.1, 0.15) is 16.5 Å². The molecule has 0 saturated carbocycles. The Morgan fingerprint density at radius 3 is 2.38 bits per heavy atom. The van der Waals surface area contributed by atoms with E-state index in [0.717, 1.165) is 27.4 Å². The first kappa shape index (κ1) is 20.7. The van der Waals surface area contributed by atoms with E-state index in [1.165, 1.54) is 17.4 Å². The standard InChI is InChI=1S/C21H25N5O2S/c1-12-13(2)29-21-18(12)19(25-14(3)26-21)24-11-16-5-7-17(8-6-16)20(28)23-10-9-22-15(4)27/h5-8H,9-11H2,1-4H3,(H,22,27)(H,23,28)(H,24,25,26). The van der Waals surface area contributed by atoms with Crippen LogP contribution in [0.25, 0.3) is 10.2 Å². The molecule has 0 fully saturated rings. The van der Waals surface area contributed by atoms with Crippen molar-refractivity contribution in [2.75, 3.05) is 18.4 Å². The topological polar surface area (TPSA) is 96.0 Å². The predicted molar refractivity (Wildman–Crippen MR) is 116 cm³/mol. The normalized spacial score (nSPS) is 10.8. The Labute approximate surface area is 174 Å². The van der Waals surface area contributed by atoms with E-state index in [9.17, 15) is 9.59 Å². The fourth-order valence-electron chi connectivity index (χ4n) is 2.96. The maximum Gasteiger partial charge on any atom is 0.251 e. The van der Waals surface area contributed by atoms with Crippen molar-refractivity contribution in [2.24, 2.45) is 0 Å². The number of thiophene rings is 1. The zero-order valence-electron chi connectivity index (χ0n) is 17.0. The highest BCUT2D eigenvalue weighted by molar-refractivity contribution is 7.18. The number of aryl methyl sites for hydroxylation is 3. The van der Waals surface area contributed by atoms with Gasteiger partial charge in [0, 0.05) is 37.0 Å². The molecular weight excluding hydrogens is 386 g/mol. The summed E-state index contributed by atoms with van der Waals surface area (Å²) in [5.41, 5.74) is 2.84. The van der Waals surface area contributed by atoms with Crippen LogP contribution in [0.5, 0.6) is 0 Å². The van der Waals surface area contributed by atoms with E-state index in [-0.39, 0.29) is 11.8 Å². The van der Waals surface area contributed by atoms with Gasteiger partial charge in [-0.3, -0.25) is 9.59 Å². The summed E-state index contributed by atoms with van der Waals surface area (Å²) in [7, 11) is 0. The molecule has 2 heterocycles. The summed E-state index contributed by atoms with van der Waals surface area (Å²) in [6, 6.07) is 7.44. The molecule has 1 aromatic carbocycles. The smallest absolute Gasteiger partial charge is 0.251 e. The van der Waals surface area contributed by atoms with Gasteiger partial charge in [-0.05, 0) is 44.0 Å². The first-order valence-electron chi connectivity index (χ1n) is 9.45. The molecule has 0 aliphatic rings. The molecule has 0 radical (unpaired) electrons. The van der Waals surface area contributed by atoms with Crippen molar-refractivity contribution in [2.45, 2.75) is 34.2 Å². The zero-order chi connectivity index (χ0) is 21.0. The molecule has 7 nitrogen and oxygen atoms in total.